The zero-order valence-corrected chi connectivity index (χ0v) is 10.3. The van der Waals surface area contributed by atoms with Crippen LogP contribution in [0.3, 0.4) is 0 Å². The molecule has 0 aromatic carbocycles. The second-order valence-corrected chi connectivity index (χ2v) is 5.05. The molecule has 1 unspecified atom stereocenters. The molecule has 0 spiro atoms. The van der Waals surface area contributed by atoms with E-state index < -0.39 is 5.92 Å². The van der Waals surface area contributed by atoms with Crippen molar-refractivity contribution in [2.24, 2.45) is 5.92 Å². The molecule has 1 aromatic rings. The van der Waals surface area contributed by atoms with Crippen LogP contribution in [-0.4, -0.2) is 15.9 Å². The van der Waals surface area contributed by atoms with Crippen LogP contribution >= 0.6 is 0 Å². The third-order valence-corrected chi connectivity index (χ3v) is 3.80. The fourth-order valence-corrected chi connectivity index (χ4v) is 2.47. The Labute approximate surface area is 100 Å². The van der Waals surface area contributed by atoms with Crippen molar-refractivity contribution in [1.82, 2.24) is 9.97 Å². The Morgan fingerprint density at radius 2 is 1.76 bits per heavy atom. The van der Waals surface area contributed by atoms with Gasteiger partial charge in [-0.15, -0.1) is 0 Å². The second-order valence-electron chi connectivity index (χ2n) is 5.05. The van der Waals surface area contributed by atoms with Crippen molar-refractivity contribution >= 4 is 0 Å². The summed E-state index contributed by atoms with van der Waals surface area (Å²) in [5.41, 5.74) is 1.06. The Bertz CT molecular complexity index is 366. The largest absolute Gasteiger partial charge is 0.248 e. The SMILES string of the molecule is Cc1ncc(C(C)C2CCC(F)(F)CC2)cn1. The molecule has 0 saturated heterocycles. The van der Waals surface area contributed by atoms with E-state index >= 15 is 0 Å². The lowest BCUT2D eigenvalue weighted by Crippen LogP contribution is -2.27. The van der Waals surface area contributed by atoms with Gasteiger partial charge in [0.15, 0.2) is 0 Å². The fraction of sp³-hybridized carbons (Fsp3) is 0.692. The first-order chi connectivity index (χ1) is 7.98. The van der Waals surface area contributed by atoms with Crippen molar-refractivity contribution in [2.45, 2.75) is 51.4 Å². The molecular weight excluding hydrogens is 222 g/mol. The fourth-order valence-electron chi connectivity index (χ4n) is 2.47. The van der Waals surface area contributed by atoms with Gasteiger partial charge in [0.1, 0.15) is 5.82 Å². The summed E-state index contributed by atoms with van der Waals surface area (Å²) >= 11 is 0. The van der Waals surface area contributed by atoms with E-state index in [-0.39, 0.29) is 18.8 Å². The normalized spacial score (nSPS) is 22.4. The number of hydrogen-bond donors (Lipinski definition) is 0. The van der Waals surface area contributed by atoms with Crippen LogP contribution in [0.5, 0.6) is 0 Å². The zero-order valence-electron chi connectivity index (χ0n) is 10.3. The lowest BCUT2D eigenvalue weighted by atomic mass is 9.77. The van der Waals surface area contributed by atoms with Crippen LogP contribution in [0.15, 0.2) is 12.4 Å². The van der Waals surface area contributed by atoms with Crippen LogP contribution < -0.4 is 0 Å². The number of halogens is 2. The number of aromatic nitrogens is 2. The molecule has 1 heterocycles. The lowest BCUT2D eigenvalue weighted by Gasteiger charge is -2.32. The average Bonchev–Trinajstić information content (AvgIpc) is 2.29. The van der Waals surface area contributed by atoms with E-state index in [2.05, 4.69) is 16.9 Å². The Morgan fingerprint density at radius 3 is 2.29 bits per heavy atom. The molecule has 0 bridgehead atoms. The minimum absolute atomic E-state index is 0.0225. The predicted octanol–water partition coefficient (Wildman–Crippen LogP) is 3.71. The highest BCUT2D eigenvalue weighted by Gasteiger charge is 2.36. The Kier molecular flexibility index (Phi) is 3.40. The lowest BCUT2D eigenvalue weighted by molar-refractivity contribution is -0.0479. The van der Waals surface area contributed by atoms with Gasteiger partial charge in [-0.3, -0.25) is 0 Å². The Hall–Kier alpha value is -1.06. The topological polar surface area (TPSA) is 25.8 Å². The molecule has 2 nitrogen and oxygen atoms in total. The first-order valence-corrected chi connectivity index (χ1v) is 6.14. The van der Waals surface area contributed by atoms with Crippen molar-refractivity contribution in [3.05, 3.63) is 23.8 Å². The van der Waals surface area contributed by atoms with Gasteiger partial charge >= 0.3 is 0 Å². The molecule has 0 radical (unpaired) electrons. The van der Waals surface area contributed by atoms with Crippen LogP contribution in [0, 0.1) is 12.8 Å². The van der Waals surface area contributed by atoms with Gasteiger partial charge in [0.05, 0.1) is 0 Å². The minimum Gasteiger partial charge on any atom is -0.241 e. The minimum atomic E-state index is -2.44. The van der Waals surface area contributed by atoms with E-state index in [0.717, 1.165) is 11.4 Å². The summed E-state index contributed by atoms with van der Waals surface area (Å²) in [6.45, 7) is 3.93. The van der Waals surface area contributed by atoms with Gasteiger partial charge in [-0.2, -0.15) is 0 Å². The summed E-state index contributed by atoms with van der Waals surface area (Å²) in [6, 6.07) is 0. The quantitative estimate of drug-likeness (QED) is 0.787. The molecule has 1 aromatic heterocycles. The number of alkyl halides is 2. The molecule has 2 rings (SSSR count). The van der Waals surface area contributed by atoms with Crippen molar-refractivity contribution in [3.63, 3.8) is 0 Å². The van der Waals surface area contributed by atoms with Gasteiger partial charge in [-0.25, -0.2) is 18.7 Å². The number of aryl methyl sites for hydroxylation is 1. The summed E-state index contributed by atoms with van der Waals surface area (Å²) in [7, 11) is 0. The van der Waals surface area contributed by atoms with Crippen LogP contribution in [0.4, 0.5) is 8.78 Å². The number of nitrogens with zero attached hydrogens (tertiary/aromatic N) is 2. The van der Waals surface area contributed by atoms with Gasteiger partial charge in [0.25, 0.3) is 0 Å². The second kappa shape index (κ2) is 4.67. The molecule has 0 N–H and O–H groups in total. The maximum Gasteiger partial charge on any atom is 0.248 e. The molecule has 0 aliphatic heterocycles. The van der Waals surface area contributed by atoms with Gasteiger partial charge in [0, 0.05) is 25.2 Å². The molecular formula is C13H18F2N2. The van der Waals surface area contributed by atoms with Gasteiger partial charge in [0.2, 0.25) is 5.92 Å². The molecule has 4 heteroatoms. The summed E-state index contributed by atoms with van der Waals surface area (Å²) in [5, 5.41) is 0. The summed E-state index contributed by atoms with van der Waals surface area (Å²) < 4.78 is 26.1. The van der Waals surface area contributed by atoms with Crippen molar-refractivity contribution in [2.75, 3.05) is 0 Å². The highest BCUT2D eigenvalue weighted by Crippen LogP contribution is 2.41. The first-order valence-electron chi connectivity index (χ1n) is 6.14. The Balaban J connectivity index is 2.01. The summed E-state index contributed by atoms with van der Waals surface area (Å²) in [4.78, 5) is 8.33. The van der Waals surface area contributed by atoms with Crippen LogP contribution in [0.25, 0.3) is 0 Å². The van der Waals surface area contributed by atoms with E-state index in [9.17, 15) is 8.78 Å². The molecule has 17 heavy (non-hydrogen) atoms. The van der Waals surface area contributed by atoms with Crippen LogP contribution in [-0.2, 0) is 0 Å². The molecule has 0 amide bonds. The van der Waals surface area contributed by atoms with Gasteiger partial charge in [-0.1, -0.05) is 6.92 Å². The van der Waals surface area contributed by atoms with Gasteiger partial charge in [-0.05, 0) is 37.2 Å². The van der Waals surface area contributed by atoms with E-state index in [1.165, 1.54) is 0 Å². The molecule has 1 saturated carbocycles. The highest BCUT2D eigenvalue weighted by atomic mass is 19.3. The van der Waals surface area contributed by atoms with Crippen LogP contribution in [0.2, 0.25) is 0 Å². The summed E-state index contributed by atoms with van der Waals surface area (Å²) in [5.74, 6) is -1.09. The molecule has 1 aliphatic rings. The maximum atomic E-state index is 13.1. The monoisotopic (exact) mass is 240 g/mol. The number of hydrogen-bond acceptors (Lipinski definition) is 2. The van der Waals surface area contributed by atoms with Gasteiger partial charge < -0.3 is 0 Å². The van der Waals surface area contributed by atoms with E-state index in [4.69, 9.17) is 0 Å². The Morgan fingerprint density at radius 1 is 1.24 bits per heavy atom. The number of rotatable bonds is 2. The third kappa shape index (κ3) is 2.99. The van der Waals surface area contributed by atoms with E-state index in [1.807, 2.05) is 19.3 Å². The average molecular weight is 240 g/mol. The molecule has 1 aliphatic carbocycles. The molecule has 1 fully saturated rings. The van der Waals surface area contributed by atoms with Crippen LogP contribution in [0.1, 0.15) is 49.9 Å². The van der Waals surface area contributed by atoms with E-state index in [1.54, 1.807) is 0 Å². The highest BCUT2D eigenvalue weighted by molar-refractivity contribution is 5.12. The standard InChI is InChI=1S/C13H18F2N2/c1-9(12-7-16-10(2)17-8-12)11-3-5-13(14,15)6-4-11/h7-9,11H,3-6H2,1-2H3. The molecule has 1 atom stereocenters. The van der Waals surface area contributed by atoms with E-state index in [0.29, 0.717) is 18.8 Å². The smallest absolute Gasteiger partial charge is 0.241 e. The zero-order chi connectivity index (χ0) is 12.5. The maximum absolute atomic E-state index is 13.1. The molecule has 94 valence electrons. The van der Waals surface area contributed by atoms with Crippen molar-refractivity contribution < 1.29 is 8.78 Å². The van der Waals surface area contributed by atoms with Crippen molar-refractivity contribution in [3.8, 4) is 0 Å². The first kappa shape index (κ1) is 12.4. The predicted molar refractivity (Wildman–Crippen MR) is 62.1 cm³/mol. The third-order valence-electron chi connectivity index (χ3n) is 3.80. The van der Waals surface area contributed by atoms with Crippen molar-refractivity contribution in [1.29, 1.82) is 0 Å². The summed E-state index contributed by atoms with van der Waals surface area (Å²) in [6.07, 6.45) is 4.88.